The van der Waals surface area contributed by atoms with Crippen LogP contribution in [0.1, 0.15) is 10.4 Å². The van der Waals surface area contributed by atoms with Gasteiger partial charge in [0.2, 0.25) is 0 Å². The molecule has 2 aromatic carbocycles. The number of nitro benzene ring substituents is 1. The van der Waals surface area contributed by atoms with Gasteiger partial charge in [0, 0.05) is 12.1 Å². The summed E-state index contributed by atoms with van der Waals surface area (Å²) in [6.45, 7) is 0. The van der Waals surface area contributed by atoms with E-state index in [1.807, 2.05) is 0 Å². The Morgan fingerprint density at radius 1 is 1.18 bits per heavy atom. The summed E-state index contributed by atoms with van der Waals surface area (Å²) in [5.74, 6) is -0.426. The first-order valence-corrected chi connectivity index (χ1v) is 4.88. The van der Waals surface area contributed by atoms with Crippen LogP contribution >= 0.6 is 0 Å². The van der Waals surface area contributed by atoms with Gasteiger partial charge in [-0.2, -0.15) is 0 Å². The van der Waals surface area contributed by atoms with Gasteiger partial charge in [-0.15, -0.1) is 0 Å². The molecule has 0 aliphatic carbocycles. The highest BCUT2D eigenvalue weighted by Gasteiger charge is 2.09. The highest BCUT2D eigenvalue weighted by atomic mass is 16.6. The molecule has 0 aromatic heterocycles. The van der Waals surface area contributed by atoms with Crippen LogP contribution in [0.25, 0.3) is 10.8 Å². The van der Waals surface area contributed by atoms with Crippen molar-refractivity contribution in [2.75, 3.05) is 7.11 Å². The number of non-ortho nitro benzene ring substituents is 1. The number of hydrogen-bond donors (Lipinski definition) is 0. The number of hydrogen-bond acceptors (Lipinski definition) is 4. The minimum Gasteiger partial charge on any atom is -0.465 e. The molecule has 0 bridgehead atoms. The second-order valence-electron chi connectivity index (χ2n) is 3.49. The van der Waals surface area contributed by atoms with Crippen molar-refractivity contribution in [1.82, 2.24) is 0 Å². The Bertz CT molecular complexity index is 606. The number of fused-ring (bicyclic) bond motifs is 1. The molecule has 0 N–H and O–H groups in total. The highest BCUT2D eigenvalue weighted by Crippen LogP contribution is 2.22. The Kier molecular flexibility index (Phi) is 2.74. The number of nitrogens with zero attached hydrogens (tertiary/aromatic N) is 1. The fraction of sp³-hybridized carbons (Fsp3) is 0.0833. The zero-order valence-electron chi connectivity index (χ0n) is 9.04. The van der Waals surface area contributed by atoms with E-state index in [4.69, 9.17) is 0 Å². The molecule has 0 spiro atoms. The topological polar surface area (TPSA) is 69.4 Å². The zero-order chi connectivity index (χ0) is 12.4. The van der Waals surface area contributed by atoms with E-state index in [9.17, 15) is 14.9 Å². The molecule has 5 nitrogen and oxygen atoms in total. The normalized spacial score (nSPS) is 10.2. The van der Waals surface area contributed by atoms with E-state index in [2.05, 4.69) is 4.74 Å². The average Bonchev–Trinajstić information content (AvgIpc) is 2.36. The molecular weight excluding hydrogens is 222 g/mol. The lowest BCUT2D eigenvalue weighted by atomic mass is 10.1. The maximum atomic E-state index is 11.3. The molecule has 0 saturated carbocycles. The predicted molar refractivity (Wildman–Crippen MR) is 61.9 cm³/mol. The molecular formula is C12H9NO4. The molecule has 2 rings (SSSR count). The van der Waals surface area contributed by atoms with Crippen molar-refractivity contribution in [3.05, 3.63) is 52.1 Å². The molecule has 0 aliphatic rings. The fourth-order valence-electron chi connectivity index (χ4n) is 1.59. The van der Waals surface area contributed by atoms with Crippen molar-refractivity contribution in [1.29, 1.82) is 0 Å². The number of esters is 1. The van der Waals surface area contributed by atoms with E-state index < -0.39 is 10.9 Å². The Morgan fingerprint density at radius 2 is 1.82 bits per heavy atom. The first kappa shape index (κ1) is 11.1. The standard InChI is InChI=1S/C12H9NO4/c1-17-12(14)10-3-2-9-7-11(13(15)16)5-4-8(9)6-10/h2-7H,1H3. The minimum atomic E-state index is -0.451. The van der Waals surface area contributed by atoms with Gasteiger partial charge in [-0.3, -0.25) is 10.1 Å². The summed E-state index contributed by atoms with van der Waals surface area (Å²) in [5, 5.41) is 12.1. The third kappa shape index (κ3) is 2.08. The van der Waals surface area contributed by atoms with Crippen LogP contribution in [0.5, 0.6) is 0 Å². The molecule has 0 saturated heterocycles. The monoisotopic (exact) mass is 231 g/mol. The van der Waals surface area contributed by atoms with Crippen molar-refractivity contribution < 1.29 is 14.5 Å². The zero-order valence-corrected chi connectivity index (χ0v) is 9.04. The molecule has 0 aliphatic heterocycles. The Labute approximate surface area is 96.8 Å². The summed E-state index contributed by atoms with van der Waals surface area (Å²) < 4.78 is 4.60. The van der Waals surface area contributed by atoms with Crippen LogP contribution in [0.4, 0.5) is 5.69 Å². The number of ether oxygens (including phenoxy) is 1. The quantitative estimate of drug-likeness (QED) is 0.452. The van der Waals surface area contributed by atoms with Gasteiger partial charge in [0.05, 0.1) is 17.6 Å². The van der Waals surface area contributed by atoms with Crippen LogP contribution in [-0.2, 0) is 4.74 Å². The number of carbonyl (C=O) groups is 1. The summed E-state index contributed by atoms with van der Waals surface area (Å²) in [4.78, 5) is 21.4. The molecule has 0 amide bonds. The van der Waals surface area contributed by atoms with Crippen molar-refractivity contribution in [3.63, 3.8) is 0 Å². The average molecular weight is 231 g/mol. The Morgan fingerprint density at radius 3 is 2.47 bits per heavy atom. The fourth-order valence-corrected chi connectivity index (χ4v) is 1.59. The second kappa shape index (κ2) is 4.21. The van der Waals surface area contributed by atoms with Crippen molar-refractivity contribution >= 4 is 22.4 Å². The lowest BCUT2D eigenvalue weighted by Gasteiger charge is -2.02. The molecule has 0 fully saturated rings. The maximum absolute atomic E-state index is 11.3. The molecule has 0 atom stereocenters. The summed E-state index contributed by atoms with van der Waals surface area (Å²) in [6, 6.07) is 9.37. The van der Waals surface area contributed by atoms with E-state index >= 15 is 0 Å². The van der Waals surface area contributed by atoms with Crippen molar-refractivity contribution in [2.24, 2.45) is 0 Å². The third-order valence-electron chi connectivity index (χ3n) is 2.46. The van der Waals surface area contributed by atoms with E-state index in [0.717, 1.165) is 5.39 Å². The largest absolute Gasteiger partial charge is 0.465 e. The van der Waals surface area contributed by atoms with Crippen LogP contribution < -0.4 is 0 Å². The van der Waals surface area contributed by atoms with Gasteiger partial charge in [0.25, 0.3) is 5.69 Å². The number of benzene rings is 2. The molecule has 86 valence electrons. The first-order valence-electron chi connectivity index (χ1n) is 4.88. The summed E-state index contributed by atoms with van der Waals surface area (Å²) in [5.41, 5.74) is 0.456. The number of nitro groups is 1. The SMILES string of the molecule is COC(=O)c1ccc2cc([N+](=O)[O-])ccc2c1. The van der Waals surface area contributed by atoms with Gasteiger partial charge >= 0.3 is 5.97 Å². The lowest BCUT2D eigenvalue weighted by molar-refractivity contribution is -0.384. The molecule has 0 radical (unpaired) electrons. The second-order valence-corrected chi connectivity index (χ2v) is 3.49. The molecule has 0 heterocycles. The first-order chi connectivity index (χ1) is 8.11. The van der Waals surface area contributed by atoms with Gasteiger partial charge < -0.3 is 4.74 Å². The van der Waals surface area contributed by atoms with E-state index in [1.54, 1.807) is 24.3 Å². The number of methoxy groups -OCH3 is 1. The third-order valence-corrected chi connectivity index (χ3v) is 2.46. The van der Waals surface area contributed by atoms with Gasteiger partial charge in [0.15, 0.2) is 0 Å². The molecule has 5 heteroatoms. The smallest absolute Gasteiger partial charge is 0.337 e. The van der Waals surface area contributed by atoms with Crippen LogP contribution in [-0.4, -0.2) is 18.0 Å². The van der Waals surface area contributed by atoms with Gasteiger partial charge in [-0.05, 0) is 29.0 Å². The van der Waals surface area contributed by atoms with Crippen molar-refractivity contribution in [3.8, 4) is 0 Å². The van der Waals surface area contributed by atoms with Gasteiger partial charge in [0.1, 0.15) is 0 Å². The van der Waals surface area contributed by atoms with Gasteiger partial charge in [-0.25, -0.2) is 4.79 Å². The molecule has 0 unspecified atom stereocenters. The van der Waals surface area contributed by atoms with Crippen LogP contribution in [0.2, 0.25) is 0 Å². The predicted octanol–water partition coefficient (Wildman–Crippen LogP) is 2.53. The summed E-state index contributed by atoms with van der Waals surface area (Å²) in [7, 11) is 1.31. The number of rotatable bonds is 2. The number of carbonyl (C=O) groups excluding carboxylic acids is 1. The Balaban J connectivity index is 2.54. The summed E-state index contributed by atoms with van der Waals surface area (Å²) >= 11 is 0. The highest BCUT2D eigenvalue weighted by molar-refractivity contribution is 5.95. The van der Waals surface area contributed by atoms with Crippen LogP contribution in [0.3, 0.4) is 0 Å². The molecule has 17 heavy (non-hydrogen) atoms. The lowest BCUT2D eigenvalue weighted by Crippen LogP contribution is -2.00. The van der Waals surface area contributed by atoms with Crippen LogP contribution in [0, 0.1) is 10.1 Å². The maximum Gasteiger partial charge on any atom is 0.337 e. The van der Waals surface area contributed by atoms with Crippen molar-refractivity contribution in [2.45, 2.75) is 0 Å². The summed E-state index contributed by atoms with van der Waals surface area (Å²) in [6.07, 6.45) is 0. The van der Waals surface area contributed by atoms with E-state index in [1.165, 1.54) is 19.2 Å². The van der Waals surface area contributed by atoms with Crippen LogP contribution in [0.15, 0.2) is 36.4 Å². The Hall–Kier alpha value is -2.43. The minimum absolute atomic E-state index is 0.0309. The molecule has 2 aromatic rings. The van der Waals surface area contributed by atoms with E-state index in [0.29, 0.717) is 10.9 Å². The van der Waals surface area contributed by atoms with E-state index in [-0.39, 0.29) is 5.69 Å². The van der Waals surface area contributed by atoms with Gasteiger partial charge in [-0.1, -0.05) is 6.07 Å².